The van der Waals surface area contributed by atoms with Crippen molar-refractivity contribution in [3.63, 3.8) is 0 Å². The van der Waals surface area contributed by atoms with Crippen molar-refractivity contribution < 1.29 is 13.5 Å². The molecule has 0 amide bonds. The van der Waals surface area contributed by atoms with E-state index in [1.807, 2.05) is 13.8 Å². The summed E-state index contributed by atoms with van der Waals surface area (Å²) < 4.78 is 28.3. The Balaban J connectivity index is 4.28. The van der Waals surface area contributed by atoms with Crippen LogP contribution in [0.4, 0.5) is 8.78 Å². The summed E-state index contributed by atoms with van der Waals surface area (Å²) in [6.07, 6.45) is 0.613. The fraction of sp³-hybridized carbons (Fsp3) is 0.545. The van der Waals surface area contributed by atoms with Gasteiger partial charge < -0.3 is 4.74 Å². The Morgan fingerprint density at radius 3 is 2.47 bits per heavy atom. The highest BCUT2D eigenvalue weighted by Crippen LogP contribution is 2.03. The van der Waals surface area contributed by atoms with Crippen LogP contribution in [0.3, 0.4) is 0 Å². The first kappa shape index (κ1) is 13.8. The second kappa shape index (κ2) is 7.15. The number of allylic oxidation sites excluding steroid dienone is 2. The van der Waals surface area contributed by atoms with Crippen molar-refractivity contribution in [1.82, 2.24) is 0 Å². The number of nitrogens with zero attached hydrogens (tertiary/aromatic N) is 1. The fourth-order valence-electron chi connectivity index (χ4n) is 0.835. The molecule has 0 atom stereocenters. The molecule has 0 aromatic heterocycles. The molecule has 0 aliphatic heterocycles. The number of rotatable bonds is 6. The highest BCUT2D eigenvalue weighted by molar-refractivity contribution is 5.96. The van der Waals surface area contributed by atoms with Gasteiger partial charge in [0, 0.05) is 5.71 Å². The first-order valence-corrected chi connectivity index (χ1v) is 4.75. The van der Waals surface area contributed by atoms with Crippen LogP contribution in [-0.2, 0) is 4.74 Å². The minimum Gasteiger partial charge on any atom is -0.491 e. The van der Waals surface area contributed by atoms with Gasteiger partial charge in [0.05, 0.1) is 6.20 Å². The first-order chi connectivity index (χ1) is 6.97. The van der Waals surface area contributed by atoms with E-state index in [-0.39, 0.29) is 5.92 Å². The molecule has 86 valence electrons. The molecule has 0 heterocycles. The third-order valence-electron chi connectivity index (χ3n) is 1.63. The van der Waals surface area contributed by atoms with Gasteiger partial charge in [0.1, 0.15) is 12.4 Å². The summed E-state index contributed by atoms with van der Waals surface area (Å²) >= 11 is 0. The smallest absolute Gasteiger partial charge is 0.272 e. The summed E-state index contributed by atoms with van der Waals surface area (Å²) in [5.74, 6) is 0.622. The maximum Gasteiger partial charge on any atom is 0.272 e. The van der Waals surface area contributed by atoms with Gasteiger partial charge >= 0.3 is 0 Å². The van der Waals surface area contributed by atoms with E-state index in [1.54, 1.807) is 13.0 Å². The van der Waals surface area contributed by atoms with Crippen LogP contribution >= 0.6 is 0 Å². The van der Waals surface area contributed by atoms with Crippen LogP contribution in [-0.4, -0.2) is 18.7 Å². The lowest BCUT2D eigenvalue weighted by molar-refractivity contribution is 0.0491. The van der Waals surface area contributed by atoms with Crippen molar-refractivity contribution >= 4 is 5.71 Å². The Kier molecular flexibility index (Phi) is 6.58. The number of hydrogen-bond acceptors (Lipinski definition) is 2. The summed E-state index contributed by atoms with van der Waals surface area (Å²) in [6, 6.07) is 0. The van der Waals surface area contributed by atoms with Crippen LogP contribution in [0, 0.1) is 5.92 Å². The predicted molar refractivity (Wildman–Crippen MR) is 58.2 cm³/mol. The van der Waals surface area contributed by atoms with Gasteiger partial charge in [0.25, 0.3) is 6.43 Å². The number of alkyl halides is 2. The van der Waals surface area contributed by atoms with Gasteiger partial charge in [-0.2, -0.15) is 0 Å². The van der Waals surface area contributed by atoms with E-state index in [2.05, 4.69) is 11.6 Å². The molecule has 0 spiro atoms. The van der Waals surface area contributed by atoms with E-state index in [1.165, 1.54) is 6.20 Å². The molecule has 2 nitrogen and oxygen atoms in total. The zero-order valence-corrected chi connectivity index (χ0v) is 9.34. The molecule has 0 N–H and O–H groups in total. The number of aliphatic imine (C=N–C) groups is 1. The van der Waals surface area contributed by atoms with E-state index >= 15 is 0 Å². The maximum atomic E-state index is 11.8. The molecule has 15 heavy (non-hydrogen) atoms. The Hall–Kier alpha value is -1.19. The normalized spacial score (nSPS) is 13.5. The Labute approximate surface area is 89.3 Å². The molecule has 0 rings (SSSR count). The average molecular weight is 217 g/mol. The lowest BCUT2D eigenvalue weighted by atomic mass is 10.1. The van der Waals surface area contributed by atoms with Crippen molar-refractivity contribution in [2.24, 2.45) is 10.9 Å². The molecule has 0 saturated carbocycles. The molecule has 0 saturated heterocycles. The van der Waals surface area contributed by atoms with Crippen molar-refractivity contribution in [3.8, 4) is 0 Å². The Bertz CT molecular complexity index is 257. The molecule has 0 aromatic rings. The molecule has 0 radical (unpaired) electrons. The minimum absolute atomic E-state index is 0.252. The van der Waals surface area contributed by atoms with E-state index in [0.717, 1.165) is 5.71 Å². The summed E-state index contributed by atoms with van der Waals surface area (Å²) in [7, 11) is 0. The molecule has 0 aliphatic rings. The van der Waals surface area contributed by atoms with E-state index in [4.69, 9.17) is 4.74 Å². The fourth-order valence-corrected chi connectivity index (χ4v) is 0.835. The van der Waals surface area contributed by atoms with Gasteiger partial charge in [0.2, 0.25) is 0 Å². The van der Waals surface area contributed by atoms with Gasteiger partial charge in [-0.1, -0.05) is 20.4 Å². The van der Waals surface area contributed by atoms with Crippen LogP contribution < -0.4 is 0 Å². The average Bonchev–Trinajstić information content (AvgIpc) is 2.15. The van der Waals surface area contributed by atoms with Gasteiger partial charge in [-0.3, -0.25) is 4.99 Å². The third-order valence-corrected chi connectivity index (χ3v) is 1.63. The number of hydrogen-bond donors (Lipinski definition) is 0. The molecule has 0 unspecified atom stereocenters. The van der Waals surface area contributed by atoms with Gasteiger partial charge in [0.15, 0.2) is 0 Å². The highest BCUT2D eigenvalue weighted by atomic mass is 19.3. The number of ether oxygens (including phenoxy) is 1. The van der Waals surface area contributed by atoms with Crippen LogP contribution in [0.25, 0.3) is 0 Å². The van der Waals surface area contributed by atoms with Crippen LogP contribution in [0.1, 0.15) is 20.8 Å². The molecular weight excluding hydrogens is 200 g/mol. The minimum atomic E-state index is -2.46. The molecule has 0 bridgehead atoms. The van der Waals surface area contributed by atoms with Crippen LogP contribution in [0.5, 0.6) is 0 Å². The number of halogens is 2. The second-order valence-corrected chi connectivity index (χ2v) is 3.35. The van der Waals surface area contributed by atoms with Crippen molar-refractivity contribution in [2.75, 3.05) is 6.61 Å². The van der Waals surface area contributed by atoms with Gasteiger partial charge in [-0.05, 0) is 18.9 Å². The summed E-state index contributed by atoms with van der Waals surface area (Å²) in [5.41, 5.74) is 0.801. The van der Waals surface area contributed by atoms with Crippen molar-refractivity contribution in [2.45, 2.75) is 27.2 Å². The van der Waals surface area contributed by atoms with Gasteiger partial charge in [-0.15, -0.1) is 0 Å². The molecular formula is C11H17F2NO. The quantitative estimate of drug-likeness (QED) is 0.493. The largest absolute Gasteiger partial charge is 0.491 e. The summed E-state index contributed by atoms with van der Waals surface area (Å²) in [6.45, 7) is 8.56. The standard InChI is InChI=1S/C11H17F2NO/c1-5-10(8(2)3)14-6-9(4)15-7-11(12)13/h5-6,8,11H,1,7H2,2-4H3. The van der Waals surface area contributed by atoms with Crippen LogP contribution in [0.2, 0.25) is 0 Å². The van der Waals surface area contributed by atoms with E-state index in [0.29, 0.717) is 5.76 Å². The molecule has 4 heteroatoms. The van der Waals surface area contributed by atoms with Crippen molar-refractivity contribution in [3.05, 3.63) is 24.6 Å². The predicted octanol–water partition coefficient (Wildman–Crippen LogP) is 3.41. The zero-order chi connectivity index (χ0) is 11.8. The Morgan fingerprint density at radius 2 is 2.07 bits per heavy atom. The topological polar surface area (TPSA) is 21.6 Å². The zero-order valence-electron chi connectivity index (χ0n) is 9.34. The highest BCUT2D eigenvalue weighted by Gasteiger charge is 2.02. The lowest BCUT2D eigenvalue weighted by Gasteiger charge is -2.05. The first-order valence-electron chi connectivity index (χ1n) is 4.75. The molecule has 0 aromatic carbocycles. The monoisotopic (exact) mass is 217 g/mol. The SMILES string of the molecule is C=CC(=NC=C(C)OCC(F)F)C(C)C. The summed E-state index contributed by atoms with van der Waals surface area (Å²) in [5, 5.41) is 0. The van der Waals surface area contributed by atoms with Crippen LogP contribution in [0.15, 0.2) is 29.6 Å². The molecule has 0 aliphatic carbocycles. The van der Waals surface area contributed by atoms with Gasteiger partial charge in [-0.25, -0.2) is 8.78 Å². The van der Waals surface area contributed by atoms with E-state index in [9.17, 15) is 8.78 Å². The third kappa shape index (κ3) is 6.82. The molecule has 0 fully saturated rings. The lowest BCUT2D eigenvalue weighted by Crippen LogP contribution is -2.04. The summed E-state index contributed by atoms with van der Waals surface area (Å²) in [4.78, 5) is 4.09. The van der Waals surface area contributed by atoms with E-state index < -0.39 is 13.0 Å². The maximum absolute atomic E-state index is 11.8. The Morgan fingerprint density at radius 1 is 1.47 bits per heavy atom. The second-order valence-electron chi connectivity index (χ2n) is 3.35. The van der Waals surface area contributed by atoms with Crippen molar-refractivity contribution in [1.29, 1.82) is 0 Å².